The summed E-state index contributed by atoms with van der Waals surface area (Å²) in [7, 11) is 2.20. The molecular formula is C24H37N5O. The maximum atomic E-state index is 6.07. The van der Waals surface area contributed by atoms with Crippen molar-refractivity contribution in [2.24, 2.45) is 0 Å². The van der Waals surface area contributed by atoms with Gasteiger partial charge in [0.2, 0.25) is 0 Å². The lowest BCUT2D eigenvalue weighted by Crippen LogP contribution is -2.65. The number of nitrogens with one attached hydrogen (secondary N) is 4. The smallest absolute Gasteiger partial charge is 0.133 e. The van der Waals surface area contributed by atoms with Crippen molar-refractivity contribution in [2.45, 2.75) is 76.4 Å². The molecule has 6 nitrogen and oxygen atoms in total. The molecular weight excluding hydrogens is 374 g/mol. The van der Waals surface area contributed by atoms with Crippen LogP contribution >= 0.6 is 0 Å². The standard InChI is InChI=1S/C24H37N5O/c1-16-13-22(26-19-6-3-7-19)28-24(25-16)27-20-14-18-9-12-30-23(18)21(15-20)17-5-4-10-29(2)11-8-17/h8,14-16,19,22,24-28H,3-7,9-13H2,1-2H3. The highest BCUT2D eigenvalue weighted by molar-refractivity contribution is 5.76. The van der Waals surface area contributed by atoms with Crippen LogP contribution in [0.25, 0.3) is 5.57 Å². The normalized spacial score (nSPS) is 30.1. The molecule has 4 aliphatic rings. The third-order valence-corrected chi connectivity index (χ3v) is 7.03. The molecule has 0 bridgehead atoms. The van der Waals surface area contributed by atoms with E-state index in [1.54, 1.807) is 0 Å². The number of hydrogen-bond acceptors (Lipinski definition) is 6. The molecule has 4 N–H and O–H groups in total. The molecule has 0 aromatic heterocycles. The van der Waals surface area contributed by atoms with E-state index in [9.17, 15) is 0 Å². The van der Waals surface area contributed by atoms with Gasteiger partial charge in [-0.05, 0) is 70.3 Å². The second kappa shape index (κ2) is 8.87. The maximum Gasteiger partial charge on any atom is 0.133 e. The fourth-order valence-electron chi connectivity index (χ4n) is 5.12. The molecule has 2 fully saturated rings. The van der Waals surface area contributed by atoms with Gasteiger partial charge < -0.3 is 15.0 Å². The van der Waals surface area contributed by atoms with E-state index in [4.69, 9.17) is 4.74 Å². The van der Waals surface area contributed by atoms with Gasteiger partial charge in [0, 0.05) is 41.9 Å². The summed E-state index contributed by atoms with van der Waals surface area (Å²) in [4.78, 5) is 2.39. The molecule has 0 spiro atoms. The average molecular weight is 412 g/mol. The summed E-state index contributed by atoms with van der Waals surface area (Å²) in [5.74, 6) is 1.11. The summed E-state index contributed by atoms with van der Waals surface area (Å²) >= 11 is 0. The van der Waals surface area contributed by atoms with Gasteiger partial charge in [-0.25, -0.2) is 0 Å². The van der Waals surface area contributed by atoms with Crippen LogP contribution < -0.4 is 26.0 Å². The lowest BCUT2D eigenvalue weighted by atomic mass is 9.92. The first-order chi connectivity index (χ1) is 14.6. The van der Waals surface area contributed by atoms with Crippen LogP contribution in [0.15, 0.2) is 18.2 Å². The molecule has 0 radical (unpaired) electrons. The molecule has 164 valence electrons. The number of nitrogens with zero attached hydrogens (tertiary/aromatic N) is 1. The van der Waals surface area contributed by atoms with Crippen LogP contribution in [-0.4, -0.2) is 56.2 Å². The SMILES string of the molecule is CC1CC(NC2CCC2)NC(Nc2cc3c(c(C4=CCN(C)CCC4)c2)OCC3)N1. The summed E-state index contributed by atoms with van der Waals surface area (Å²) in [6.07, 6.45) is 11.2. The quantitative estimate of drug-likeness (QED) is 0.598. The van der Waals surface area contributed by atoms with Gasteiger partial charge in [0.05, 0.1) is 12.8 Å². The van der Waals surface area contributed by atoms with E-state index in [1.807, 2.05) is 0 Å². The third kappa shape index (κ3) is 4.52. The van der Waals surface area contributed by atoms with Gasteiger partial charge in [0.25, 0.3) is 0 Å². The van der Waals surface area contributed by atoms with Crippen molar-refractivity contribution in [3.8, 4) is 5.75 Å². The van der Waals surface area contributed by atoms with Gasteiger partial charge in [0.15, 0.2) is 0 Å². The number of fused-ring (bicyclic) bond motifs is 1. The van der Waals surface area contributed by atoms with Gasteiger partial charge in [-0.3, -0.25) is 16.0 Å². The molecule has 0 amide bonds. The molecule has 30 heavy (non-hydrogen) atoms. The number of rotatable bonds is 5. The molecule has 1 aromatic carbocycles. The van der Waals surface area contributed by atoms with Gasteiger partial charge >= 0.3 is 0 Å². The highest BCUT2D eigenvalue weighted by Crippen LogP contribution is 2.39. The first-order valence-electron chi connectivity index (χ1n) is 11.9. The van der Waals surface area contributed by atoms with Crippen molar-refractivity contribution in [1.82, 2.24) is 20.9 Å². The molecule has 3 atom stereocenters. The zero-order valence-corrected chi connectivity index (χ0v) is 18.5. The van der Waals surface area contributed by atoms with E-state index >= 15 is 0 Å². The number of benzene rings is 1. The number of ether oxygens (including phenoxy) is 1. The molecule has 6 heteroatoms. The Morgan fingerprint density at radius 1 is 1.13 bits per heavy atom. The number of anilines is 1. The molecule has 3 unspecified atom stereocenters. The van der Waals surface area contributed by atoms with Crippen molar-refractivity contribution in [3.63, 3.8) is 0 Å². The number of likely N-dealkylation sites (N-methyl/N-ethyl adjacent to an activating group) is 1. The third-order valence-electron chi connectivity index (χ3n) is 7.03. The monoisotopic (exact) mass is 411 g/mol. The summed E-state index contributed by atoms with van der Waals surface area (Å²) in [5, 5.41) is 14.9. The predicted molar refractivity (Wildman–Crippen MR) is 123 cm³/mol. The van der Waals surface area contributed by atoms with Gasteiger partial charge in [-0.1, -0.05) is 12.5 Å². The topological polar surface area (TPSA) is 60.6 Å². The van der Waals surface area contributed by atoms with Gasteiger partial charge in [-0.2, -0.15) is 0 Å². The summed E-state index contributed by atoms with van der Waals surface area (Å²) < 4.78 is 6.07. The Labute approximate surface area is 180 Å². The first kappa shape index (κ1) is 20.3. The first-order valence-corrected chi connectivity index (χ1v) is 11.9. The summed E-state index contributed by atoms with van der Waals surface area (Å²) in [5.41, 5.74) is 5.23. The molecule has 5 rings (SSSR count). The van der Waals surface area contributed by atoms with E-state index in [0.717, 1.165) is 44.7 Å². The van der Waals surface area contributed by atoms with Crippen LogP contribution in [0.2, 0.25) is 0 Å². The Bertz CT molecular complexity index is 790. The molecule has 3 aliphatic heterocycles. The lowest BCUT2D eigenvalue weighted by Gasteiger charge is -2.40. The Balaban J connectivity index is 1.34. The maximum absolute atomic E-state index is 6.07. The van der Waals surface area contributed by atoms with E-state index in [0.29, 0.717) is 18.2 Å². The number of allylic oxidation sites excluding steroid dienone is 1. The zero-order valence-electron chi connectivity index (χ0n) is 18.5. The minimum atomic E-state index is 0.0637. The molecule has 1 aliphatic carbocycles. The van der Waals surface area contributed by atoms with E-state index < -0.39 is 0 Å². The average Bonchev–Trinajstić information content (AvgIpc) is 3.04. The fraction of sp³-hybridized carbons (Fsp3) is 0.667. The Morgan fingerprint density at radius 2 is 2.03 bits per heavy atom. The highest BCUT2D eigenvalue weighted by Gasteiger charge is 2.29. The Morgan fingerprint density at radius 3 is 2.87 bits per heavy atom. The second-order valence-corrected chi connectivity index (χ2v) is 9.60. The van der Waals surface area contributed by atoms with Crippen LogP contribution in [-0.2, 0) is 6.42 Å². The van der Waals surface area contributed by atoms with E-state index in [2.05, 4.69) is 58.3 Å². The van der Waals surface area contributed by atoms with Crippen LogP contribution in [0.5, 0.6) is 5.75 Å². The molecule has 1 saturated carbocycles. The second-order valence-electron chi connectivity index (χ2n) is 9.60. The minimum absolute atomic E-state index is 0.0637. The van der Waals surface area contributed by atoms with Crippen molar-refractivity contribution in [1.29, 1.82) is 0 Å². The molecule has 1 saturated heterocycles. The van der Waals surface area contributed by atoms with Crippen molar-refractivity contribution < 1.29 is 4.74 Å². The summed E-state index contributed by atoms with van der Waals surface area (Å²) in [6, 6.07) is 5.75. The fourth-order valence-corrected chi connectivity index (χ4v) is 5.12. The van der Waals surface area contributed by atoms with E-state index in [-0.39, 0.29) is 6.29 Å². The largest absolute Gasteiger partial charge is 0.492 e. The molecule has 3 heterocycles. The minimum Gasteiger partial charge on any atom is -0.492 e. The Kier molecular flexibility index (Phi) is 6.01. The highest BCUT2D eigenvalue weighted by atomic mass is 16.5. The van der Waals surface area contributed by atoms with Gasteiger partial charge in [-0.15, -0.1) is 0 Å². The van der Waals surface area contributed by atoms with Crippen LogP contribution in [0.3, 0.4) is 0 Å². The van der Waals surface area contributed by atoms with Gasteiger partial charge in [0.1, 0.15) is 12.0 Å². The number of hydrogen-bond donors (Lipinski definition) is 4. The zero-order chi connectivity index (χ0) is 20.5. The lowest BCUT2D eigenvalue weighted by molar-refractivity contribution is 0.197. The summed E-state index contributed by atoms with van der Waals surface area (Å²) in [6.45, 7) is 5.24. The van der Waals surface area contributed by atoms with Crippen molar-refractivity contribution in [2.75, 3.05) is 32.1 Å². The predicted octanol–water partition coefficient (Wildman–Crippen LogP) is 2.87. The Hall–Kier alpha value is -1.60. The van der Waals surface area contributed by atoms with Crippen LogP contribution in [0.4, 0.5) is 5.69 Å². The molecule has 1 aromatic rings. The van der Waals surface area contributed by atoms with Crippen LogP contribution in [0, 0.1) is 0 Å². The van der Waals surface area contributed by atoms with Crippen molar-refractivity contribution in [3.05, 3.63) is 29.3 Å². The van der Waals surface area contributed by atoms with Crippen LogP contribution in [0.1, 0.15) is 56.6 Å². The van der Waals surface area contributed by atoms with E-state index in [1.165, 1.54) is 48.1 Å². The van der Waals surface area contributed by atoms with Crippen molar-refractivity contribution >= 4 is 11.3 Å².